The van der Waals surface area contributed by atoms with E-state index in [2.05, 4.69) is 4.74 Å². The summed E-state index contributed by atoms with van der Waals surface area (Å²) >= 11 is 0. The lowest BCUT2D eigenvalue weighted by atomic mass is 10.1. The van der Waals surface area contributed by atoms with Gasteiger partial charge >= 0.3 is 11.9 Å². The van der Waals surface area contributed by atoms with Gasteiger partial charge in [0.1, 0.15) is 6.10 Å². The summed E-state index contributed by atoms with van der Waals surface area (Å²) in [6.07, 6.45) is 3.83. The number of esters is 1. The molecule has 0 radical (unpaired) electrons. The second-order valence-electron chi connectivity index (χ2n) is 3.71. The SMILES string of the molecule is CCCCC/C=C/C(O)C(F)(F)C(=O)OCC. The molecule has 0 aromatic rings. The molecular formula is C12H20F2O3. The Balaban J connectivity index is 4.18. The molecule has 3 nitrogen and oxygen atoms in total. The lowest BCUT2D eigenvalue weighted by Crippen LogP contribution is -2.41. The second kappa shape index (κ2) is 8.17. The Morgan fingerprint density at radius 3 is 2.59 bits per heavy atom. The fraction of sp³-hybridized carbons (Fsp3) is 0.750. The van der Waals surface area contributed by atoms with Crippen molar-refractivity contribution in [3.63, 3.8) is 0 Å². The van der Waals surface area contributed by atoms with E-state index in [1.165, 1.54) is 13.0 Å². The molecule has 0 aliphatic rings. The van der Waals surface area contributed by atoms with Crippen LogP contribution in [0.15, 0.2) is 12.2 Å². The van der Waals surface area contributed by atoms with Crippen LogP contribution < -0.4 is 0 Å². The smallest absolute Gasteiger partial charge is 0.380 e. The van der Waals surface area contributed by atoms with E-state index in [1.807, 2.05) is 6.92 Å². The van der Waals surface area contributed by atoms with Gasteiger partial charge in [0.2, 0.25) is 0 Å². The maximum Gasteiger partial charge on any atom is 0.380 e. The Kier molecular flexibility index (Phi) is 7.70. The van der Waals surface area contributed by atoms with Gasteiger partial charge < -0.3 is 9.84 Å². The second-order valence-corrected chi connectivity index (χ2v) is 3.71. The van der Waals surface area contributed by atoms with Crippen LogP contribution in [0.2, 0.25) is 0 Å². The highest BCUT2D eigenvalue weighted by Crippen LogP contribution is 2.22. The van der Waals surface area contributed by atoms with Gasteiger partial charge in [-0.15, -0.1) is 0 Å². The molecule has 5 heteroatoms. The Bertz CT molecular complexity index is 252. The maximum atomic E-state index is 13.2. The molecule has 17 heavy (non-hydrogen) atoms. The predicted octanol–water partition coefficient (Wildman–Crippen LogP) is 2.68. The average Bonchev–Trinajstić information content (AvgIpc) is 2.28. The van der Waals surface area contributed by atoms with Crippen molar-refractivity contribution in [2.75, 3.05) is 6.61 Å². The minimum absolute atomic E-state index is 0.138. The third kappa shape index (κ3) is 5.77. The number of carbonyl (C=O) groups excluding carboxylic acids is 1. The van der Waals surface area contributed by atoms with Crippen molar-refractivity contribution in [3.05, 3.63) is 12.2 Å². The fourth-order valence-electron chi connectivity index (χ4n) is 1.21. The van der Waals surface area contributed by atoms with E-state index in [4.69, 9.17) is 0 Å². The normalized spacial score (nSPS) is 13.9. The van der Waals surface area contributed by atoms with Crippen LogP contribution in [0.4, 0.5) is 8.78 Å². The summed E-state index contributed by atoms with van der Waals surface area (Å²) in [6, 6.07) is 0. The van der Waals surface area contributed by atoms with E-state index in [-0.39, 0.29) is 6.61 Å². The van der Waals surface area contributed by atoms with E-state index in [0.29, 0.717) is 6.42 Å². The number of unbranched alkanes of at least 4 members (excludes halogenated alkanes) is 3. The number of aliphatic hydroxyl groups excluding tert-OH is 1. The van der Waals surface area contributed by atoms with Gasteiger partial charge in [0, 0.05) is 0 Å². The van der Waals surface area contributed by atoms with Crippen LogP contribution in [0.25, 0.3) is 0 Å². The molecule has 1 N–H and O–H groups in total. The van der Waals surface area contributed by atoms with Crippen LogP contribution in [0, 0.1) is 0 Å². The molecule has 0 bridgehead atoms. The Labute approximate surface area is 100 Å². The molecule has 1 unspecified atom stereocenters. The number of allylic oxidation sites excluding steroid dienone is 1. The van der Waals surface area contributed by atoms with Gasteiger partial charge in [-0.2, -0.15) is 8.78 Å². The summed E-state index contributed by atoms with van der Waals surface area (Å²) in [6.45, 7) is 3.33. The Morgan fingerprint density at radius 1 is 1.41 bits per heavy atom. The van der Waals surface area contributed by atoms with Crippen molar-refractivity contribution >= 4 is 5.97 Å². The first-order valence-corrected chi connectivity index (χ1v) is 5.86. The number of aliphatic hydroxyl groups is 1. The topological polar surface area (TPSA) is 46.5 Å². The number of rotatable bonds is 8. The maximum absolute atomic E-state index is 13.2. The fourth-order valence-corrected chi connectivity index (χ4v) is 1.21. The Morgan fingerprint density at radius 2 is 2.06 bits per heavy atom. The molecule has 100 valence electrons. The summed E-state index contributed by atoms with van der Waals surface area (Å²) in [7, 11) is 0. The molecule has 0 aromatic carbocycles. The van der Waals surface area contributed by atoms with Gasteiger partial charge in [-0.1, -0.05) is 31.9 Å². The predicted molar refractivity (Wildman–Crippen MR) is 60.9 cm³/mol. The van der Waals surface area contributed by atoms with Gasteiger partial charge in [0.05, 0.1) is 6.61 Å². The molecule has 0 fully saturated rings. The molecule has 0 aromatic heterocycles. The van der Waals surface area contributed by atoms with E-state index < -0.39 is 18.0 Å². The zero-order valence-corrected chi connectivity index (χ0v) is 10.3. The highest BCUT2D eigenvalue weighted by atomic mass is 19.3. The largest absolute Gasteiger partial charge is 0.461 e. The van der Waals surface area contributed by atoms with Gasteiger partial charge in [0.25, 0.3) is 0 Å². The minimum Gasteiger partial charge on any atom is -0.461 e. The number of hydrogen-bond donors (Lipinski definition) is 1. The molecule has 0 amide bonds. The lowest BCUT2D eigenvalue weighted by Gasteiger charge is -2.17. The summed E-state index contributed by atoms with van der Waals surface area (Å²) in [5.74, 6) is -5.57. The van der Waals surface area contributed by atoms with Crippen molar-refractivity contribution in [3.8, 4) is 0 Å². The zero-order valence-electron chi connectivity index (χ0n) is 10.3. The number of ether oxygens (including phenoxy) is 1. The van der Waals surface area contributed by atoms with E-state index in [0.717, 1.165) is 25.3 Å². The van der Waals surface area contributed by atoms with Gasteiger partial charge in [0.15, 0.2) is 0 Å². The molecule has 0 spiro atoms. The van der Waals surface area contributed by atoms with Crippen LogP contribution in [0.5, 0.6) is 0 Å². The standard InChI is InChI=1S/C12H20F2O3/c1-3-5-6-7-8-9-10(15)12(13,14)11(16)17-4-2/h8-10,15H,3-7H2,1-2H3/b9-8+. The molecule has 0 saturated carbocycles. The van der Waals surface area contributed by atoms with E-state index in [1.54, 1.807) is 0 Å². The van der Waals surface area contributed by atoms with Crippen molar-refractivity contribution in [2.45, 2.75) is 51.6 Å². The van der Waals surface area contributed by atoms with Crippen LogP contribution in [0.3, 0.4) is 0 Å². The van der Waals surface area contributed by atoms with Gasteiger partial charge in [-0.3, -0.25) is 0 Å². The number of alkyl halides is 2. The lowest BCUT2D eigenvalue weighted by molar-refractivity contribution is -0.183. The van der Waals surface area contributed by atoms with E-state index >= 15 is 0 Å². The third-order valence-electron chi connectivity index (χ3n) is 2.21. The quantitative estimate of drug-likeness (QED) is 0.409. The molecule has 0 aliphatic carbocycles. The molecule has 0 rings (SSSR count). The summed E-state index contributed by atoms with van der Waals surface area (Å²) in [5, 5.41) is 9.19. The average molecular weight is 250 g/mol. The third-order valence-corrected chi connectivity index (χ3v) is 2.21. The summed E-state index contributed by atoms with van der Waals surface area (Å²) < 4.78 is 30.6. The molecule has 1 atom stereocenters. The van der Waals surface area contributed by atoms with Gasteiger partial charge in [-0.25, -0.2) is 4.79 Å². The first-order chi connectivity index (χ1) is 7.96. The van der Waals surface area contributed by atoms with Crippen molar-refractivity contribution in [2.24, 2.45) is 0 Å². The Hall–Kier alpha value is -0.970. The van der Waals surface area contributed by atoms with Crippen LogP contribution >= 0.6 is 0 Å². The summed E-state index contributed by atoms with van der Waals surface area (Å²) in [5.41, 5.74) is 0. The van der Waals surface area contributed by atoms with Crippen LogP contribution in [-0.2, 0) is 9.53 Å². The monoisotopic (exact) mass is 250 g/mol. The highest BCUT2D eigenvalue weighted by molar-refractivity contribution is 5.78. The van der Waals surface area contributed by atoms with Crippen LogP contribution in [0.1, 0.15) is 39.5 Å². The van der Waals surface area contributed by atoms with Crippen molar-refractivity contribution in [1.29, 1.82) is 0 Å². The van der Waals surface area contributed by atoms with Gasteiger partial charge in [-0.05, 0) is 19.8 Å². The zero-order chi connectivity index (χ0) is 13.3. The van der Waals surface area contributed by atoms with Crippen LogP contribution in [-0.4, -0.2) is 29.7 Å². The van der Waals surface area contributed by atoms with E-state index in [9.17, 15) is 18.7 Å². The summed E-state index contributed by atoms with van der Waals surface area (Å²) in [4.78, 5) is 10.9. The number of carbonyl (C=O) groups is 1. The first-order valence-electron chi connectivity index (χ1n) is 5.86. The molecule has 0 heterocycles. The molecule has 0 saturated heterocycles. The molecule has 0 aliphatic heterocycles. The minimum atomic E-state index is -3.88. The number of hydrogen-bond acceptors (Lipinski definition) is 3. The van der Waals surface area contributed by atoms with Crippen molar-refractivity contribution < 1.29 is 23.4 Å². The van der Waals surface area contributed by atoms with Crippen molar-refractivity contribution in [1.82, 2.24) is 0 Å². The highest BCUT2D eigenvalue weighted by Gasteiger charge is 2.46. The first kappa shape index (κ1) is 16.0. The number of halogens is 2. The molecular weight excluding hydrogens is 230 g/mol.